The van der Waals surface area contributed by atoms with E-state index in [-0.39, 0.29) is 42.3 Å². The number of nitrogens with one attached hydrogen (secondary N) is 2. The van der Waals surface area contributed by atoms with Crippen LogP contribution in [-0.4, -0.2) is 140 Å². The van der Waals surface area contributed by atoms with Crippen LogP contribution in [0.2, 0.25) is 5.02 Å². The van der Waals surface area contributed by atoms with Crippen LogP contribution in [0.15, 0.2) is 155 Å². The molecule has 121 heavy (non-hydrogen) atoms. The van der Waals surface area contributed by atoms with Crippen LogP contribution in [0, 0.1) is 29.1 Å². The van der Waals surface area contributed by atoms with Gasteiger partial charge in [0.05, 0.1) is 74.6 Å². The summed E-state index contributed by atoms with van der Waals surface area (Å²) in [6.07, 6.45) is 5.05. The van der Waals surface area contributed by atoms with Crippen molar-refractivity contribution in [2.75, 3.05) is 90.2 Å². The van der Waals surface area contributed by atoms with Gasteiger partial charge in [-0.15, -0.1) is 35.0 Å². The molecule has 1 saturated carbocycles. The predicted octanol–water partition coefficient (Wildman–Crippen LogP) is 27.9. The molecule has 5 aromatic carbocycles. The number of nitrogens with zero attached hydrogens (tertiary/aromatic N) is 1. The first kappa shape index (κ1) is 121. The molecule has 41 heteroatoms. The van der Waals surface area contributed by atoms with E-state index < -0.39 is 51.7 Å². The van der Waals surface area contributed by atoms with Crippen LogP contribution >= 0.6 is 162 Å². The maximum absolute atomic E-state index is 12.5. The summed E-state index contributed by atoms with van der Waals surface area (Å²) < 4.78 is 85.0. The quantitative estimate of drug-likeness (QED) is 0.00805. The molecule has 7 rings (SSSR count). The van der Waals surface area contributed by atoms with E-state index >= 15 is 0 Å². The van der Waals surface area contributed by atoms with Crippen LogP contribution in [0.25, 0.3) is 10.8 Å². The molecule has 6 aromatic rings. The molecule has 1 heterocycles. The molecule has 6 atom stereocenters. The van der Waals surface area contributed by atoms with Crippen molar-refractivity contribution in [2.45, 2.75) is 168 Å². The highest BCUT2D eigenvalue weighted by Crippen LogP contribution is 2.73. The molecule has 0 spiro atoms. The number of rotatable bonds is 40. The topological polar surface area (TPSA) is 269 Å². The molecule has 6 unspecified atom stereocenters. The van der Waals surface area contributed by atoms with Crippen LogP contribution in [0.3, 0.4) is 0 Å². The number of furan rings is 1. The second-order valence-corrected chi connectivity index (χ2v) is 53.7. The highest BCUT2D eigenvalue weighted by molar-refractivity contribution is 8.89. The Morgan fingerprint density at radius 2 is 1.12 bits per heavy atom. The van der Waals surface area contributed by atoms with Gasteiger partial charge in [-0.25, -0.2) is 14.9 Å². The van der Waals surface area contributed by atoms with Gasteiger partial charge in [0.15, 0.2) is 17.1 Å². The van der Waals surface area contributed by atoms with Crippen LogP contribution in [0.4, 0.5) is 9.59 Å². The lowest BCUT2D eigenvalue weighted by Crippen LogP contribution is -2.24. The zero-order valence-corrected chi connectivity index (χ0v) is 87.3. The fourth-order valence-electron chi connectivity index (χ4n) is 8.96. The number of fused-ring (bicyclic) bond motifs is 1. The number of halogens is 7. The average molecular weight is 2060 g/mol. The predicted molar refractivity (Wildman–Crippen MR) is 526 cm³/mol. The molecule has 0 saturated heterocycles. The molecule has 0 aliphatic heterocycles. The van der Waals surface area contributed by atoms with Gasteiger partial charge in [0.25, 0.3) is 0 Å². The number of carbonyl (C=O) groups excluding carboxylic acids is 3. The van der Waals surface area contributed by atoms with Gasteiger partial charge in [0.1, 0.15) is 18.1 Å². The first-order chi connectivity index (χ1) is 57.3. The number of hydrogen-bond donors (Lipinski definition) is 3. The van der Waals surface area contributed by atoms with Crippen LogP contribution in [0.1, 0.15) is 141 Å². The first-order valence-electron chi connectivity index (χ1n) is 38.1. The minimum atomic E-state index is -2.92. The van der Waals surface area contributed by atoms with Gasteiger partial charge in [0, 0.05) is 72.2 Å². The number of aliphatic hydroxyl groups is 1. The summed E-state index contributed by atoms with van der Waals surface area (Å²) in [5.41, 5.74) is -2.15. The Balaban J connectivity index is 0. The molecule has 2 amide bonds. The lowest BCUT2D eigenvalue weighted by atomic mass is 10.1. The molecule has 1 aromatic heterocycles. The third-order valence-electron chi connectivity index (χ3n) is 14.8. The normalized spacial score (nSPS) is 14.5. The number of aliphatic hydroxyl groups excluding tert-OH is 1. The van der Waals surface area contributed by atoms with Gasteiger partial charge >= 0.3 is 30.6 Å². The molecule has 686 valence electrons. The highest BCUT2D eigenvalue weighted by Gasteiger charge is 2.61. The first-order valence-corrected chi connectivity index (χ1v) is 57.7. The highest BCUT2D eigenvalue weighted by atomic mass is 35.6. The number of amides is 2. The van der Waals surface area contributed by atoms with Crippen molar-refractivity contribution in [1.82, 2.24) is 10.6 Å². The zero-order chi connectivity index (χ0) is 92.3. The van der Waals surface area contributed by atoms with E-state index in [0.717, 1.165) is 51.5 Å². The van der Waals surface area contributed by atoms with Crippen LogP contribution in [-0.2, 0) is 103 Å². The minimum Gasteiger partial charge on any atom is -0.469 e. The maximum Gasteiger partial charge on any atom is 0.412 e. The second-order valence-electron chi connectivity index (χ2n) is 24.6. The number of hydrogen-bond acceptors (Lipinski definition) is 28. The lowest BCUT2D eigenvalue weighted by Gasteiger charge is -2.26. The minimum absolute atomic E-state index is 0.0107. The Morgan fingerprint density at radius 3 is 1.59 bits per heavy atom. The van der Waals surface area contributed by atoms with Gasteiger partial charge < -0.3 is 75.5 Å². The fourth-order valence-corrected chi connectivity index (χ4v) is 33.8. The SMILES string of the molecule is C#N.CC(C)=CC1C(C(=O)OCc2coc(Cc3ccccc3)c2)C1(C)C.CCO.CCOP(=O)(SC(C)CC)SC(C)CC.CCOP(=S)(OCC)OC(Cl)C(Cl)(Cl)Cl.CCOP(=S)(OCC)SCCl.CCOP(=S)(OCC)SCSc1ccc(Cl)cc1.CNC(=O)Oc1cccc2ccccc12.CNC(=O)Oc1ccccc1OC(CCl)OC. The summed E-state index contributed by atoms with van der Waals surface area (Å²) in [6.45, 7) is 36.2. The van der Waals surface area contributed by atoms with E-state index in [0.29, 0.717) is 79.2 Å². The zero-order valence-electron chi connectivity index (χ0n) is 71.9. The lowest BCUT2D eigenvalue weighted by molar-refractivity contribution is -0.147. The molecule has 0 bridgehead atoms. The molecule has 1 fully saturated rings. The Kier molecular flexibility index (Phi) is 69.4. The largest absolute Gasteiger partial charge is 0.469 e. The molecular formula is C80H120Cl7N3O19P4S8. The number of alkyl halides is 6. The number of nitriles is 1. The fraction of sp³-hybridized carbons (Fsp3) is 0.525. The van der Waals surface area contributed by atoms with Gasteiger partial charge in [-0.05, 0) is 188 Å². The maximum atomic E-state index is 12.5. The number of benzene rings is 5. The van der Waals surface area contributed by atoms with Crippen molar-refractivity contribution in [3.05, 3.63) is 167 Å². The summed E-state index contributed by atoms with van der Waals surface area (Å²) in [6, 6.07) is 40.1. The summed E-state index contributed by atoms with van der Waals surface area (Å²) in [5.74, 6) is -0.0813. The number of esters is 1. The Morgan fingerprint density at radius 1 is 0.661 bits per heavy atom. The number of allylic oxidation sites excluding steroid dienone is 2. The van der Waals surface area contributed by atoms with Crippen molar-refractivity contribution in [3.8, 4) is 23.8 Å². The van der Waals surface area contributed by atoms with E-state index in [9.17, 15) is 18.9 Å². The molecule has 0 radical (unpaired) electrons. The Bertz CT molecular complexity index is 3990. The van der Waals surface area contributed by atoms with Crippen LogP contribution < -0.4 is 24.8 Å². The van der Waals surface area contributed by atoms with E-state index in [2.05, 4.69) is 90.8 Å². The molecule has 3 N–H and O–H groups in total. The number of thioether (sulfide) groups is 1. The summed E-state index contributed by atoms with van der Waals surface area (Å²) in [5, 5.41) is 23.6. The number of methoxy groups -OCH3 is 1. The molecule has 1 aliphatic rings. The van der Waals surface area contributed by atoms with Crippen molar-refractivity contribution >= 4 is 227 Å². The number of ether oxygens (including phenoxy) is 5. The van der Waals surface area contributed by atoms with E-state index in [1.807, 2.05) is 120 Å². The van der Waals surface area contributed by atoms with Gasteiger partial charge in [-0.2, -0.15) is 0 Å². The van der Waals surface area contributed by atoms with Crippen LogP contribution in [0.5, 0.6) is 17.2 Å². The summed E-state index contributed by atoms with van der Waals surface area (Å²) in [4.78, 5) is 35.8. The average Bonchev–Trinajstić information content (AvgIpc) is 1.57. The third-order valence-corrected chi connectivity index (χ3v) is 40.6. The smallest absolute Gasteiger partial charge is 0.412 e. The van der Waals surface area contributed by atoms with Crippen molar-refractivity contribution < 1.29 is 88.3 Å². The number of para-hydroxylation sites is 2. The van der Waals surface area contributed by atoms with Gasteiger partial charge in [-0.3, -0.25) is 13.9 Å². The van der Waals surface area contributed by atoms with Crippen molar-refractivity contribution in [2.24, 2.45) is 17.3 Å². The Labute approximate surface area is 789 Å². The van der Waals surface area contributed by atoms with E-state index in [4.69, 9.17) is 191 Å². The standard InChI is InChI=1S/C22H26O3.C12H11NO2.C11H14ClNO4.C11H16ClO2PS3.C10H23O2PS2.C6H11Cl4O3PS.C5H12ClO2PS2.C2H6O.CHN/c1-15(2)10-19-20(22(19,3)4)21(23)25-14-17-12-18(24-13-17)11-16-8-6-5-7-9-16;1-13-12(14)15-11-8-4-6-9-5-2-3-7-10(9)11;1-13-11(14)17-9-6-4-3-5-8(9)16-10(7-12)15-2;1-3-13-15(16,14-4-2)18-9-17-11-7-5-10(12)6-8-11;1-6-9(4)14-13(11,12-8-3)15-10(5)7-2;1-3-11-14(15,12-4-2)13-5(7)6(8,9)10;1-3-7-9(10,8-4-2)11-5-6;1-2-3;1-2/h5-10,12-13,19-20H,11,14H2,1-4H3;2-8H,1H3,(H,13,14);3-6,10H,7H2,1-2H3,(H,13,14);5-8H,3-4,9H2,1-2H3;9-10H,6-8H2,1-5H3;5H,3-4H2,1-2H3;3-5H2,1-2H3;3H,2H2,1H3;1H. The monoisotopic (exact) mass is 2050 g/mol. The summed E-state index contributed by atoms with van der Waals surface area (Å²) >= 11 is 62.6. The molecule has 22 nitrogen and oxygen atoms in total. The summed E-state index contributed by atoms with van der Waals surface area (Å²) in [7, 11) is 4.49. The molecular weight excluding hydrogens is 1940 g/mol. The van der Waals surface area contributed by atoms with E-state index in [1.165, 1.54) is 71.4 Å². The van der Waals surface area contributed by atoms with E-state index in [1.54, 1.807) is 80.5 Å². The molecule has 1 aliphatic carbocycles. The second kappa shape index (κ2) is 69.2. The van der Waals surface area contributed by atoms with Gasteiger partial charge in [0.2, 0.25) is 21.5 Å². The number of carbonyl (C=O) groups is 3. The van der Waals surface area contributed by atoms with Gasteiger partial charge in [-0.1, -0.05) is 236 Å². The van der Waals surface area contributed by atoms with Crippen molar-refractivity contribution in [3.63, 3.8) is 0 Å². The third kappa shape index (κ3) is 53.9. The van der Waals surface area contributed by atoms with Crippen molar-refractivity contribution in [1.29, 1.82) is 5.26 Å². The Hall–Kier alpha value is -1.76.